The molecular weight excluding hydrogens is 350 g/mol. The molecule has 1 aromatic rings. The largest absolute Gasteiger partial charge is 0.466 e. The van der Waals surface area contributed by atoms with Gasteiger partial charge in [0, 0.05) is 9.80 Å². The lowest BCUT2D eigenvalue weighted by Gasteiger charge is -2.08. The van der Waals surface area contributed by atoms with Crippen molar-refractivity contribution in [2.45, 2.75) is 18.7 Å². The number of hydrogen-bond acceptors (Lipinski definition) is 3. The molecule has 17 heavy (non-hydrogen) atoms. The molecule has 0 radical (unpaired) electrons. The normalized spacial score (nSPS) is 9.76. The fraction of sp³-hybridized carbons (Fsp3) is 0.333. The van der Waals surface area contributed by atoms with Gasteiger partial charge >= 0.3 is 5.97 Å². The Bertz CT molecular complexity index is 466. The zero-order valence-electron chi connectivity index (χ0n) is 9.30. The van der Waals surface area contributed by atoms with E-state index in [2.05, 4.69) is 37.9 Å². The third-order valence-electron chi connectivity index (χ3n) is 2.16. The summed E-state index contributed by atoms with van der Waals surface area (Å²) in [5.74, 6) is -0.323. The maximum atomic E-state index is 11.4. The Hall–Kier alpha value is -0.860. The summed E-state index contributed by atoms with van der Waals surface area (Å²) in [5.41, 5.74) is 2.17. The number of carbonyl (C=O) groups excluding carboxylic acids is 1. The van der Waals surface area contributed by atoms with Gasteiger partial charge in [-0.2, -0.15) is 5.26 Å². The van der Waals surface area contributed by atoms with Crippen molar-refractivity contribution in [2.24, 2.45) is 0 Å². The smallest absolute Gasteiger partial charge is 0.310 e. The number of benzene rings is 1. The number of rotatable bonds is 4. The highest BCUT2D eigenvalue weighted by Gasteiger charge is 2.13. The number of carbonyl (C=O) groups is 1. The van der Waals surface area contributed by atoms with Crippen LogP contribution in [0.5, 0.6) is 0 Å². The van der Waals surface area contributed by atoms with Gasteiger partial charge in [0.05, 0.1) is 24.7 Å². The number of nitrogens with zero attached hydrogens (tertiary/aromatic N) is 1. The topological polar surface area (TPSA) is 50.1 Å². The first kappa shape index (κ1) is 14.2. The summed E-state index contributed by atoms with van der Waals surface area (Å²) >= 11 is 6.71. The lowest BCUT2D eigenvalue weighted by Crippen LogP contribution is -2.09. The molecule has 0 aliphatic rings. The Morgan fingerprint density at radius 2 is 2.24 bits per heavy atom. The molecule has 0 N–H and O–H groups in total. The van der Waals surface area contributed by atoms with Gasteiger partial charge < -0.3 is 4.74 Å². The number of alkyl halides is 1. The molecule has 0 fully saturated rings. The van der Waals surface area contributed by atoms with Gasteiger partial charge in [-0.3, -0.25) is 4.79 Å². The molecule has 0 aliphatic heterocycles. The quantitative estimate of drug-likeness (QED) is 0.611. The summed E-state index contributed by atoms with van der Waals surface area (Å²) in [7, 11) is 0. The van der Waals surface area contributed by atoms with Crippen LogP contribution in [0.15, 0.2) is 16.6 Å². The highest BCUT2D eigenvalue weighted by atomic mass is 79.9. The van der Waals surface area contributed by atoms with Crippen LogP contribution >= 0.6 is 31.9 Å². The average molecular weight is 361 g/mol. The number of hydrogen-bond donors (Lipinski definition) is 0. The second kappa shape index (κ2) is 6.77. The van der Waals surface area contributed by atoms with Crippen molar-refractivity contribution in [3.8, 4) is 6.07 Å². The van der Waals surface area contributed by atoms with Crippen LogP contribution in [0.2, 0.25) is 0 Å². The lowest BCUT2D eigenvalue weighted by molar-refractivity contribution is -0.142. The zero-order valence-corrected chi connectivity index (χ0v) is 12.5. The predicted octanol–water partition coefficient (Wildman–Crippen LogP) is 3.32. The van der Waals surface area contributed by atoms with Crippen molar-refractivity contribution in [3.63, 3.8) is 0 Å². The summed E-state index contributed by atoms with van der Waals surface area (Å²) in [6.07, 6.45) is 0.111. The average Bonchev–Trinajstić information content (AvgIpc) is 2.31. The Morgan fingerprint density at radius 3 is 2.76 bits per heavy atom. The Kier molecular flexibility index (Phi) is 5.66. The van der Waals surface area contributed by atoms with E-state index in [1.165, 1.54) is 0 Å². The minimum atomic E-state index is -0.323. The molecule has 5 heteroatoms. The van der Waals surface area contributed by atoms with E-state index in [1.54, 1.807) is 13.0 Å². The van der Waals surface area contributed by atoms with Crippen LogP contribution in [-0.4, -0.2) is 12.6 Å². The summed E-state index contributed by atoms with van der Waals surface area (Å²) in [6.45, 7) is 2.10. The van der Waals surface area contributed by atoms with E-state index in [0.717, 1.165) is 10.0 Å². The zero-order chi connectivity index (χ0) is 12.8. The van der Waals surface area contributed by atoms with Crippen LogP contribution < -0.4 is 0 Å². The van der Waals surface area contributed by atoms with Crippen molar-refractivity contribution in [3.05, 3.63) is 33.3 Å². The molecule has 90 valence electrons. The fourth-order valence-corrected chi connectivity index (χ4v) is 2.38. The van der Waals surface area contributed by atoms with Gasteiger partial charge in [-0.25, -0.2) is 0 Å². The first-order chi connectivity index (χ1) is 8.12. The predicted molar refractivity (Wildman–Crippen MR) is 71.8 cm³/mol. The van der Waals surface area contributed by atoms with Crippen molar-refractivity contribution < 1.29 is 9.53 Å². The molecule has 0 bridgehead atoms. The molecule has 1 aromatic carbocycles. The molecule has 0 aromatic heterocycles. The van der Waals surface area contributed by atoms with Crippen LogP contribution in [0.4, 0.5) is 0 Å². The first-order valence-corrected chi connectivity index (χ1v) is 6.96. The van der Waals surface area contributed by atoms with Crippen LogP contribution in [0, 0.1) is 11.3 Å². The SMILES string of the molecule is CCOC(=O)Cc1c(Br)cc(CBr)cc1C#N. The number of halogens is 2. The maximum absolute atomic E-state index is 11.4. The van der Waals surface area contributed by atoms with E-state index in [1.807, 2.05) is 6.07 Å². The van der Waals surface area contributed by atoms with E-state index in [4.69, 9.17) is 10.00 Å². The van der Waals surface area contributed by atoms with E-state index in [9.17, 15) is 4.79 Å². The monoisotopic (exact) mass is 359 g/mol. The fourth-order valence-electron chi connectivity index (χ4n) is 1.41. The number of ether oxygens (including phenoxy) is 1. The van der Waals surface area contributed by atoms with Gasteiger partial charge in [0.2, 0.25) is 0 Å². The second-order valence-corrected chi connectivity index (χ2v) is 4.75. The van der Waals surface area contributed by atoms with Gasteiger partial charge in [0.15, 0.2) is 0 Å². The molecule has 0 amide bonds. The number of nitriles is 1. The molecule has 0 atom stereocenters. The molecule has 0 heterocycles. The standard InChI is InChI=1S/C12H11Br2NO2/c1-2-17-12(16)5-10-9(7-15)3-8(6-13)4-11(10)14/h3-4H,2,5-6H2,1H3. The molecule has 0 saturated heterocycles. The summed E-state index contributed by atoms with van der Waals surface area (Å²) < 4.78 is 5.64. The third-order valence-corrected chi connectivity index (χ3v) is 3.51. The van der Waals surface area contributed by atoms with Crippen LogP contribution in [0.1, 0.15) is 23.6 Å². The molecule has 1 rings (SSSR count). The Morgan fingerprint density at radius 1 is 1.53 bits per heavy atom. The van der Waals surface area contributed by atoms with Crippen LogP contribution in [0.3, 0.4) is 0 Å². The van der Waals surface area contributed by atoms with Crippen molar-refractivity contribution in [2.75, 3.05) is 6.61 Å². The van der Waals surface area contributed by atoms with E-state index < -0.39 is 0 Å². The minimum Gasteiger partial charge on any atom is -0.466 e. The molecule has 3 nitrogen and oxygen atoms in total. The Balaban J connectivity index is 3.07. The molecule has 0 spiro atoms. The highest BCUT2D eigenvalue weighted by Crippen LogP contribution is 2.25. The summed E-state index contributed by atoms with van der Waals surface area (Å²) in [6, 6.07) is 5.76. The van der Waals surface area contributed by atoms with Crippen LogP contribution in [-0.2, 0) is 21.3 Å². The van der Waals surface area contributed by atoms with Gasteiger partial charge in [-0.15, -0.1) is 0 Å². The molecule has 0 aliphatic carbocycles. The van der Waals surface area contributed by atoms with Crippen molar-refractivity contribution in [1.82, 2.24) is 0 Å². The van der Waals surface area contributed by atoms with E-state index >= 15 is 0 Å². The minimum absolute atomic E-state index is 0.111. The second-order valence-electron chi connectivity index (χ2n) is 3.33. The third kappa shape index (κ3) is 3.83. The van der Waals surface area contributed by atoms with Crippen molar-refractivity contribution in [1.29, 1.82) is 5.26 Å². The first-order valence-electron chi connectivity index (χ1n) is 5.05. The number of esters is 1. The molecule has 0 saturated carbocycles. The van der Waals surface area contributed by atoms with E-state index in [-0.39, 0.29) is 12.4 Å². The van der Waals surface area contributed by atoms with Gasteiger partial charge in [0.25, 0.3) is 0 Å². The molecule has 0 unspecified atom stereocenters. The summed E-state index contributed by atoms with van der Waals surface area (Å²) in [4.78, 5) is 11.4. The molecular formula is C12H11Br2NO2. The van der Waals surface area contributed by atoms with E-state index in [0.29, 0.717) is 23.1 Å². The summed E-state index contributed by atoms with van der Waals surface area (Å²) in [5, 5.41) is 9.73. The maximum Gasteiger partial charge on any atom is 0.310 e. The van der Waals surface area contributed by atoms with Crippen molar-refractivity contribution >= 4 is 37.8 Å². The Labute approximate surface area is 117 Å². The van der Waals surface area contributed by atoms with Crippen LogP contribution in [0.25, 0.3) is 0 Å². The van der Waals surface area contributed by atoms with Gasteiger partial charge in [0.1, 0.15) is 0 Å². The van der Waals surface area contributed by atoms with Gasteiger partial charge in [-0.05, 0) is 30.2 Å². The lowest BCUT2D eigenvalue weighted by atomic mass is 10.0. The highest BCUT2D eigenvalue weighted by molar-refractivity contribution is 9.10. The van der Waals surface area contributed by atoms with Gasteiger partial charge in [-0.1, -0.05) is 31.9 Å².